The van der Waals surface area contributed by atoms with Crippen molar-refractivity contribution in [3.8, 4) is 5.88 Å². The van der Waals surface area contributed by atoms with Crippen LogP contribution in [0.15, 0.2) is 36.9 Å². The smallest absolute Gasteiger partial charge is 0.256 e. The fourth-order valence-corrected chi connectivity index (χ4v) is 4.40. The Labute approximate surface area is 198 Å². The van der Waals surface area contributed by atoms with Gasteiger partial charge in [-0.15, -0.1) is 0 Å². The first kappa shape index (κ1) is 22.2. The van der Waals surface area contributed by atoms with Gasteiger partial charge in [0.25, 0.3) is 5.88 Å². The highest BCUT2D eigenvalue weighted by atomic mass is 35.5. The van der Waals surface area contributed by atoms with Crippen molar-refractivity contribution in [3.63, 3.8) is 0 Å². The second-order valence-electron chi connectivity index (χ2n) is 7.99. The van der Waals surface area contributed by atoms with Gasteiger partial charge >= 0.3 is 0 Å². The van der Waals surface area contributed by atoms with Crippen molar-refractivity contribution in [1.29, 1.82) is 0 Å². The molecule has 2 atom stereocenters. The van der Waals surface area contributed by atoms with Crippen LogP contribution in [0.25, 0.3) is 4.85 Å². The van der Waals surface area contributed by atoms with Crippen LogP contribution < -0.4 is 15.0 Å². The molecule has 2 aliphatic rings. The molecule has 3 aromatic rings. The Balaban J connectivity index is 1.33. The van der Waals surface area contributed by atoms with Gasteiger partial charge in [0.1, 0.15) is 12.4 Å². The SMILES string of the molecule is [C-]#[N+]c1ccc(Nc2ncnc(OC3C4COCC3CN(c3ncc(F)cn3)C4)c2F)c(Cl)c1. The van der Waals surface area contributed by atoms with Crippen molar-refractivity contribution in [2.75, 3.05) is 36.5 Å². The molecule has 0 radical (unpaired) electrons. The molecule has 0 spiro atoms. The van der Waals surface area contributed by atoms with Gasteiger partial charge in [-0.2, -0.15) is 9.37 Å². The lowest BCUT2D eigenvalue weighted by molar-refractivity contribution is -0.0781. The highest BCUT2D eigenvalue weighted by Crippen LogP contribution is 2.35. The minimum atomic E-state index is -0.754. The number of nitrogens with zero attached hydrogens (tertiary/aromatic N) is 6. The Kier molecular flexibility index (Phi) is 6.08. The molecule has 12 heteroatoms. The van der Waals surface area contributed by atoms with Crippen molar-refractivity contribution in [3.05, 3.63) is 65.0 Å². The van der Waals surface area contributed by atoms with Crippen LogP contribution in [0.3, 0.4) is 0 Å². The third kappa shape index (κ3) is 4.42. The zero-order chi connectivity index (χ0) is 23.7. The first-order chi connectivity index (χ1) is 16.5. The molecule has 1 aromatic carbocycles. The summed E-state index contributed by atoms with van der Waals surface area (Å²) in [5, 5.41) is 3.09. The number of ether oxygens (including phenoxy) is 2. The van der Waals surface area contributed by atoms with Crippen LogP contribution >= 0.6 is 11.6 Å². The van der Waals surface area contributed by atoms with Gasteiger partial charge < -0.3 is 19.7 Å². The lowest BCUT2D eigenvalue weighted by Crippen LogP contribution is -2.58. The molecule has 0 aliphatic carbocycles. The van der Waals surface area contributed by atoms with Gasteiger partial charge in [-0.05, 0) is 12.1 Å². The Morgan fingerprint density at radius 3 is 2.53 bits per heavy atom. The molecule has 2 unspecified atom stereocenters. The number of aromatic nitrogens is 4. The van der Waals surface area contributed by atoms with Crippen molar-refractivity contribution in [2.45, 2.75) is 6.10 Å². The normalized spacial score (nSPS) is 21.6. The molecule has 2 fully saturated rings. The van der Waals surface area contributed by atoms with Crippen LogP contribution in [-0.4, -0.2) is 52.3 Å². The quantitative estimate of drug-likeness (QED) is 0.542. The lowest BCUT2D eigenvalue weighted by Gasteiger charge is -2.46. The average Bonchev–Trinajstić information content (AvgIpc) is 2.83. The third-order valence-electron chi connectivity index (χ3n) is 5.73. The first-order valence-electron chi connectivity index (χ1n) is 10.4. The summed E-state index contributed by atoms with van der Waals surface area (Å²) >= 11 is 6.19. The van der Waals surface area contributed by atoms with E-state index in [4.69, 9.17) is 27.6 Å². The van der Waals surface area contributed by atoms with E-state index in [1.807, 2.05) is 4.90 Å². The molecule has 34 heavy (non-hydrogen) atoms. The van der Waals surface area contributed by atoms with Crippen molar-refractivity contribution < 1.29 is 18.3 Å². The van der Waals surface area contributed by atoms with E-state index >= 15 is 4.39 Å². The molecule has 2 bridgehead atoms. The maximum Gasteiger partial charge on any atom is 0.256 e. The van der Waals surface area contributed by atoms with Gasteiger partial charge in [0.2, 0.25) is 11.8 Å². The average molecular weight is 486 g/mol. The van der Waals surface area contributed by atoms with Gasteiger partial charge in [-0.3, -0.25) is 0 Å². The fraction of sp³-hybridized carbons (Fsp3) is 0.318. The van der Waals surface area contributed by atoms with Crippen LogP contribution in [0, 0.1) is 30.0 Å². The maximum absolute atomic E-state index is 15.2. The van der Waals surface area contributed by atoms with E-state index in [-0.39, 0.29) is 34.7 Å². The Hall–Kier alpha value is -3.62. The number of benzene rings is 1. The number of hydrogen-bond donors (Lipinski definition) is 1. The number of nitrogens with one attached hydrogen (secondary N) is 1. The summed E-state index contributed by atoms with van der Waals surface area (Å²) in [6.45, 7) is 8.90. The summed E-state index contributed by atoms with van der Waals surface area (Å²) < 4.78 is 40.2. The summed E-state index contributed by atoms with van der Waals surface area (Å²) in [6.07, 6.45) is 3.12. The molecule has 174 valence electrons. The summed E-state index contributed by atoms with van der Waals surface area (Å²) in [7, 11) is 0. The van der Waals surface area contributed by atoms with Crippen LogP contribution in [-0.2, 0) is 4.74 Å². The molecule has 2 aromatic heterocycles. The van der Waals surface area contributed by atoms with Crippen LogP contribution in [0.1, 0.15) is 0 Å². The first-order valence-corrected chi connectivity index (χ1v) is 10.8. The van der Waals surface area contributed by atoms with E-state index in [2.05, 4.69) is 30.1 Å². The van der Waals surface area contributed by atoms with Gasteiger partial charge in [0.15, 0.2) is 17.3 Å². The molecular formula is C22H18ClF2N7O2. The fourth-order valence-electron chi connectivity index (χ4n) is 4.18. The van der Waals surface area contributed by atoms with Gasteiger partial charge in [0.05, 0.1) is 42.9 Å². The van der Waals surface area contributed by atoms with Crippen LogP contribution in [0.2, 0.25) is 5.02 Å². The number of anilines is 3. The van der Waals surface area contributed by atoms with Gasteiger partial charge in [0, 0.05) is 24.9 Å². The minimum absolute atomic E-state index is 0.0949. The zero-order valence-corrected chi connectivity index (χ0v) is 18.4. The molecule has 2 saturated heterocycles. The van der Waals surface area contributed by atoms with Gasteiger partial charge in [-0.25, -0.2) is 24.2 Å². The number of rotatable bonds is 5. The topological polar surface area (TPSA) is 89.7 Å². The van der Waals surface area contributed by atoms with Crippen LogP contribution in [0.4, 0.5) is 31.9 Å². The predicted octanol–water partition coefficient (Wildman–Crippen LogP) is 4.02. The van der Waals surface area contributed by atoms with E-state index in [1.165, 1.54) is 12.4 Å². The van der Waals surface area contributed by atoms with Crippen molar-refractivity contribution in [1.82, 2.24) is 19.9 Å². The Morgan fingerprint density at radius 2 is 1.85 bits per heavy atom. The molecular weight excluding hydrogens is 468 g/mol. The number of halogens is 3. The molecule has 1 N–H and O–H groups in total. The van der Waals surface area contributed by atoms with E-state index in [9.17, 15) is 4.39 Å². The second kappa shape index (κ2) is 9.32. The van der Waals surface area contributed by atoms with Crippen molar-refractivity contribution >= 4 is 34.7 Å². The number of piperidine rings is 1. The minimum Gasteiger partial charge on any atom is -0.471 e. The predicted molar refractivity (Wildman–Crippen MR) is 119 cm³/mol. The highest BCUT2D eigenvalue weighted by molar-refractivity contribution is 6.33. The van der Waals surface area contributed by atoms with Crippen molar-refractivity contribution in [2.24, 2.45) is 11.8 Å². The van der Waals surface area contributed by atoms with E-state index < -0.39 is 11.6 Å². The molecule has 9 nitrogen and oxygen atoms in total. The molecule has 2 aliphatic heterocycles. The van der Waals surface area contributed by atoms with Gasteiger partial charge in [-0.1, -0.05) is 17.7 Å². The maximum atomic E-state index is 15.2. The molecule has 4 heterocycles. The van der Waals surface area contributed by atoms with E-state index in [0.29, 0.717) is 43.6 Å². The largest absolute Gasteiger partial charge is 0.471 e. The number of fused-ring (bicyclic) bond motifs is 2. The summed E-state index contributed by atoms with van der Waals surface area (Å²) in [5.74, 6) is -1.29. The Morgan fingerprint density at radius 1 is 1.12 bits per heavy atom. The monoisotopic (exact) mass is 485 g/mol. The van der Waals surface area contributed by atoms with Crippen LogP contribution in [0.5, 0.6) is 5.88 Å². The second-order valence-corrected chi connectivity index (χ2v) is 8.40. The lowest BCUT2D eigenvalue weighted by atomic mass is 9.84. The summed E-state index contributed by atoms with van der Waals surface area (Å²) in [6, 6.07) is 4.62. The summed E-state index contributed by atoms with van der Waals surface area (Å²) in [5.41, 5.74) is 0.768. The Bertz CT molecular complexity index is 1230. The van der Waals surface area contributed by atoms with E-state index in [0.717, 1.165) is 12.4 Å². The number of hydrogen-bond acceptors (Lipinski definition) is 8. The summed E-state index contributed by atoms with van der Waals surface area (Å²) in [4.78, 5) is 21.4. The zero-order valence-electron chi connectivity index (χ0n) is 17.7. The highest BCUT2D eigenvalue weighted by Gasteiger charge is 2.43. The molecule has 0 saturated carbocycles. The molecule has 0 amide bonds. The standard InChI is InChI=1S/C22H18ClF2N7O2/c1-26-15-2-3-17(16(23)4-15)31-20-18(25)21(30-11-29-20)34-19-12-7-32(8-13(19)10-33-9-12)22-27-5-14(24)6-28-22/h2-6,11-13,19H,7-10H2,(H,29,30,31). The third-order valence-corrected chi connectivity index (χ3v) is 6.05. The molecule has 5 rings (SSSR count). The van der Waals surface area contributed by atoms with E-state index in [1.54, 1.807) is 12.1 Å².